The van der Waals surface area contributed by atoms with Crippen LogP contribution in [0.15, 0.2) is 29.3 Å². The Morgan fingerprint density at radius 3 is 2.30 bits per heavy atom. The summed E-state index contributed by atoms with van der Waals surface area (Å²) in [7, 11) is -4.38. The van der Waals surface area contributed by atoms with Gasteiger partial charge in [-0.2, -0.15) is 8.42 Å². The Kier molecular flexibility index (Phi) is 7.59. The Balaban J connectivity index is 2.20. The van der Waals surface area contributed by atoms with Gasteiger partial charge >= 0.3 is 0 Å². The zero-order valence-corrected chi connectivity index (χ0v) is 15.6. The Morgan fingerprint density at radius 2 is 1.74 bits per heavy atom. The molecule has 6 N–H and O–H groups in total. The van der Waals surface area contributed by atoms with Crippen molar-refractivity contribution in [3.63, 3.8) is 0 Å². The molecule has 1 saturated heterocycles. The van der Waals surface area contributed by atoms with E-state index in [1.807, 2.05) is 0 Å². The van der Waals surface area contributed by atoms with Crippen LogP contribution in [0.5, 0.6) is 5.75 Å². The average Bonchev–Trinajstić information content (AvgIpc) is 2.61. The summed E-state index contributed by atoms with van der Waals surface area (Å²) in [6.45, 7) is -0.600. The third-order valence-corrected chi connectivity index (χ3v) is 5.42. The van der Waals surface area contributed by atoms with Crippen molar-refractivity contribution in [3.05, 3.63) is 29.8 Å². The Morgan fingerprint density at radius 1 is 1.11 bits per heavy atom. The van der Waals surface area contributed by atoms with Crippen LogP contribution in [-0.4, -0.2) is 85.9 Å². The fourth-order valence-electron chi connectivity index (χ4n) is 2.38. The van der Waals surface area contributed by atoms with Gasteiger partial charge in [-0.05, 0) is 17.7 Å². The van der Waals surface area contributed by atoms with Crippen molar-refractivity contribution in [1.29, 1.82) is 0 Å². The minimum atomic E-state index is -4.38. The number of hydrogen-bond acceptors (Lipinski definition) is 10. The number of phenolic OH excluding ortho intramolecular Hbond substituents is 1. The van der Waals surface area contributed by atoms with E-state index in [4.69, 9.17) is 9.29 Å². The molecule has 1 fully saturated rings. The fraction of sp³-hybridized carbons (Fsp3) is 0.533. The van der Waals surface area contributed by atoms with Crippen LogP contribution >= 0.6 is 11.8 Å². The number of nitrogens with zero attached hydrogens (tertiary/aromatic N) is 1. The maximum Gasteiger partial charge on any atom is 0.285 e. The minimum absolute atomic E-state index is 0.0387. The van der Waals surface area contributed by atoms with Crippen LogP contribution in [0.1, 0.15) is 5.56 Å². The van der Waals surface area contributed by atoms with E-state index in [1.165, 1.54) is 12.1 Å². The highest BCUT2D eigenvalue weighted by Gasteiger charge is 2.44. The predicted molar refractivity (Wildman–Crippen MR) is 97.0 cm³/mol. The Hall–Kier alpha value is -1.25. The summed E-state index contributed by atoms with van der Waals surface area (Å²) in [4.78, 5) is 3.82. The monoisotopic (exact) mass is 423 g/mol. The molecule has 1 aromatic carbocycles. The Labute approximate surface area is 159 Å². The number of aromatic hydroxyl groups is 1. The van der Waals surface area contributed by atoms with Crippen molar-refractivity contribution in [1.82, 2.24) is 0 Å². The third-order valence-electron chi connectivity index (χ3n) is 3.80. The molecule has 1 aliphatic heterocycles. The molecule has 12 heteroatoms. The molecule has 1 aromatic rings. The van der Waals surface area contributed by atoms with E-state index in [2.05, 4.69) is 4.99 Å². The molecule has 0 amide bonds. The number of aliphatic imine (C=N–C) groups is 1. The molecule has 0 saturated carbocycles. The summed E-state index contributed by atoms with van der Waals surface area (Å²) < 4.78 is 36.3. The van der Waals surface area contributed by atoms with Crippen molar-refractivity contribution in [2.45, 2.75) is 36.3 Å². The summed E-state index contributed by atoms with van der Waals surface area (Å²) >= 11 is 0.796. The van der Waals surface area contributed by atoms with Crippen molar-refractivity contribution in [2.75, 3.05) is 12.5 Å². The number of aliphatic hydroxyl groups excluding tert-OH is 4. The molecule has 0 spiro atoms. The highest BCUT2D eigenvalue weighted by molar-refractivity contribution is 8.14. The smallest absolute Gasteiger partial charge is 0.285 e. The first-order valence-corrected chi connectivity index (χ1v) is 10.3. The van der Waals surface area contributed by atoms with Crippen LogP contribution in [0.25, 0.3) is 0 Å². The van der Waals surface area contributed by atoms with E-state index < -0.39 is 52.5 Å². The van der Waals surface area contributed by atoms with Crippen molar-refractivity contribution < 1.29 is 43.2 Å². The highest BCUT2D eigenvalue weighted by Crippen LogP contribution is 2.30. The van der Waals surface area contributed by atoms with Gasteiger partial charge in [0.1, 0.15) is 35.6 Å². The van der Waals surface area contributed by atoms with Crippen LogP contribution in [0.3, 0.4) is 0 Å². The summed E-state index contributed by atoms with van der Waals surface area (Å²) in [5, 5.41) is 48.5. The number of hydrogen-bond donors (Lipinski definition) is 6. The van der Waals surface area contributed by atoms with Crippen LogP contribution < -0.4 is 0 Å². The van der Waals surface area contributed by atoms with Gasteiger partial charge in [0.15, 0.2) is 5.88 Å². The molecule has 0 radical (unpaired) electrons. The first-order valence-electron chi connectivity index (χ1n) is 7.84. The van der Waals surface area contributed by atoms with Crippen LogP contribution in [0.2, 0.25) is 0 Å². The summed E-state index contributed by atoms with van der Waals surface area (Å²) in [6.07, 6.45) is -5.64. The number of phenols is 1. The standard InChI is InChI=1S/C15H21NO9S2/c17-6-10-12(19)13(20)14(21)15(25-10)26-11(16-7-27(22,23)24)5-8-1-3-9(18)4-2-8/h1-4,10,12-15,17-21H,5-7H2,(H,22,23,24)/b16-11+/t10-,12-,13+,14-,15+/m1/s1. The molecule has 0 aromatic heterocycles. The van der Waals surface area contributed by atoms with E-state index in [-0.39, 0.29) is 17.2 Å². The second-order valence-electron chi connectivity index (χ2n) is 5.92. The summed E-state index contributed by atoms with van der Waals surface area (Å²) in [6, 6.07) is 6.00. The second-order valence-corrected chi connectivity index (χ2v) is 8.51. The van der Waals surface area contributed by atoms with Gasteiger partial charge in [0.2, 0.25) is 0 Å². The van der Waals surface area contributed by atoms with Gasteiger partial charge in [-0.25, -0.2) is 0 Å². The van der Waals surface area contributed by atoms with Gasteiger partial charge < -0.3 is 30.3 Å². The number of thioether (sulfide) groups is 1. The molecule has 0 aliphatic carbocycles. The SMILES string of the molecule is O=S(=O)(O)C/N=C(\Cc1ccc(O)cc1)S[C@@H]1O[C@H](CO)[C@@H](O)[C@H](O)[C@H]1O. The van der Waals surface area contributed by atoms with E-state index >= 15 is 0 Å². The van der Waals surface area contributed by atoms with Gasteiger partial charge in [0.25, 0.3) is 10.1 Å². The molecule has 0 bridgehead atoms. The number of aliphatic hydroxyl groups is 4. The van der Waals surface area contributed by atoms with Crippen molar-refractivity contribution in [3.8, 4) is 5.75 Å². The summed E-state index contributed by atoms with van der Waals surface area (Å²) in [5.74, 6) is -0.873. The maximum absolute atomic E-state index is 11.0. The minimum Gasteiger partial charge on any atom is -0.508 e. The highest BCUT2D eigenvalue weighted by atomic mass is 32.2. The third kappa shape index (κ3) is 6.40. The van der Waals surface area contributed by atoms with Crippen LogP contribution in [0, 0.1) is 0 Å². The zero-order valence-electron chi connectivity index (χ0n) is 14.0. The molecule has 1 heterocycles. The first-order chi connectivity index (χ1) is 12.6. The van der Waals surface area contributed by atoms with E-state index in [1.54, 1.807) is 12.1 Å². The summed E-state index contributed by atoms with van der Waals surface area (Å²) in [5.41, 5.74) is -0.489. The lowest BCUT2D eigenvalue weighted by Gasteiger charge is -2.39. The normalized spacial score (nSPS) is 29.7. The molecule has 1 aliphatic rings. The largest absolute Gasteiger partial charge is 0.508 e. The predicted octanol–water partition coefficient (Wildman–Crippen LogP) is -1.29. The van der Waals surface area contributed by atoms with Crippen molar-refractivity contribution in [2.24, 2.45) is 4.99 Å². The van der Waals surface area contributed by atoms with Gasteiger partial charge in [0.05, 0.1) is 11.7 Å². The quantitative estimate of drug-likeness (QED) is 0.183. The molecular formula is C15H21NO9S2. The topological polar surface area (TPSA) is 177 Å². The molecule has 0 unspecified atom stereocenters. The van der Waals surface area contributed by atoms with Gasteiger partial charge in [-0.15, -0.1) is 0 Å². The average molecular weight is 423 g/mol. The van der Waals surface area contributed by atoms with Crippen molar-refractivity contribution >= 4 is 26.9 Å². The van der Waals surface area contributed by atoms with Gasteiger partial charge in [-0.3, -0.25) is 9.55 Å². The van der Waals surface area contributed by atoms with Crippen LogP contribution in [-0.2, 0) is 21.3 Å². The fourth-order valence-corrected chi connectivity index (χ4v) is 3.93. The van der Waals surface area contributed by atoms with E-state index in [0.29, 0.717) is 5.56 Å². The van der Waals surface area contributed by atoms with Gasteiger partial charge in [-0.1, -0.05) is 23.9 Å². The molecule has 152 valence electrons. The zero-order chi connectivity index (χ0) is 20.2. The van der Waals surface area contributed by atoms with Crippen LogP contribution in [0.4, 0.5) is 0 Å². The number of rotatable bonds is 6. The Bertz CT molecular complexity index is 751. The first kappa shape index (κ1) is 22.0. The molecular weight excluding hydrogens is 402 g/mol. The molecule has 2 rings (SSSR count). The lowest BCUT2D eigenvalue weighted by Crippen LogP contribution is -2.57. The molecule has 10 nitrogen and oxygen atoms in total. The maximum atomic E-state index is 11.0. The van der Waals surface area contributed by atoms with Gasteiger partial charge in [0, 0.05) is 6.42 Å². The molecule has 27 heavy (non-hydrogen) atoms. The lowest BCUT2D eigenvalue weighted by molar-refractivity contribution is -0.205. The second kappa shape index (κ2) is 9.30. The number of ether oxygens (including phenoxy) is 1. The molecule has 5 atom stereocenters. The van der Waals surface area contributed by atoms with E-state index in [9.17, 15) is 34.0 Å². The van der Waals surface area contributed by atoms with E-state index in [0.717, 1.165) is 11.8 Å². The lowest BCUT2D eigenvalue weighted by atomic mass is 10.0. The number of benzene rings is 1.